The van der Waals surface area contributed by atoms with Gasteiger partial charge in [0.05, 0.1) is 5.75 Å². The van der Waals surface area contributed by atoms with Gasteiger partial charge in [-0.2, -0.15) is 0 Å². The van der Waals surface area contributed by atoms with E-state index in [-0.39, 0.29) is 11.7 Å². The fourth-order valence-electron chi connectivity index (χ4n) is 3.43. The van der Waals surface area contributed by atoms with Gasteiger partial charge in [0, 0.05) is 36.7 Å². The van der Waals surface area contributed by atoms with Crippen molar-refractivity contribution in [2.75, 3.05) is 30.1 Å². The van der Waals surface area contributed by atoms with Crippen LogP contribution in [0.5, 0.6) is 0 Å². The number of nitrogens with zero attached hydrogens (tertiary/aromatic N) is 4. The SMILES string of the molecule is Cc1ccc(-n2c(SCC(=O)Nc3ccc(N(C)C)cc3)nnc2-c2cccc(C)c2)cc1. The number of thioether (sulfide) groups is 1. The molecule has 6 nitrogen and oxygen atoms in total. The summed E-state index contributed by atoms with van der Waals surface area (Å²) in [5.41, 5.74) is 6.13. The van der Waals surface area contributed by atoms with E-state index in [1.807, 2.05) is 60.0 Å². The fraction of sp³-hybridized carbons (Fsp3) is 0.192. The molecule has 7 heteroatoms. The van der Waals surface area contributed by atoms with Gasteiger partial charge < -0.3 is 10.2 Å². The maximum Gasteiger partial charge on any atom is 0.234 e. The van der Waals surface area contributed by atoms with Gasteiger partial charge >= 0.3 is 0 Å². The number of hydrogen-bond acceptors (Lipinski definition) is 5. The molecular weight excluding hydrogens is 430 g/mol. The molecule has 0 radical (unpaired) electrons. The van der Waals surface area contributed by atoms with Crippen molar-refractivity contribution in [3.8, 4) is 17.1 Å². The first-order valence-electron chi connectivity index (χ1n) is 10.7. The second-order valence-corrected chi connectivity index (χ2v) is 9.07. The average molecular weight is 458 g/mol. The van der Waals surface area contributed by atoms with Gasteiger partial charge in [-0.3, -0.25) is 9.36 Å². The van der Waals surface area contributed by atoms with E-state index in [1.54, 1.807) is 0 Å². The molecule has 1 amide bonds. The molecule has 0 aliphatic heterocycles. The maximum atomic E-state index is 12.6. The molecule has 0 fully saturated rings. The molecule has 1 N–H and O–H groups in total. The summed E-state index contributed by atoms with van der Waals surface area (Å²) < 4.78 is 2.01. The predicted octanol–water partition coefficient (Wildman–Crippen LogP) is 5.35. The number of anilines is 2. The Hall–Kier alpha value is -3.58. The Morgan fingerprint density at radius 3 is 2.33 bits per heavy atom. The molecule has 4 rings (SSSR count). The molecular formula is C26H27N5OS. The minimum Gasteiger partial charge on any atom is -0.378 e. The monoisotopic (exact) mass is 457 g/mol. The van der Waals surface area contributed by atoms with Crippen LogP contribution in [0.25, 0.3) is 17.1 Å². The van der Waals surface area contributed by atoms with Gasteiger partial charge in [-0.1, -0.05) is 53.2 Å². The van der Waals surface area contributed by atoms with Crippen molar-refractivity contribution < 1.29 is 4.79 Å². The van der Waals surface area contributed by atoms with Crippen LogP contribution in [0, 0.1) is 13.8 Å². The first-order valence-corrected chi connectivity index (χ1v) is 11.7. The number of aromatic nitrogens is 3. The second kappa shape index (κ2) is 9.92. The summed E-state index contributed by atoms with van der Waals surface area (Å²) >= 11 is 1.37. The first kappa shape index (κ1) is 22.6. The summed E-state index contributed by atoms with van der Waals surface area (Å²) in [5.74, 6) is 0.894. The lowest BCUT2D eigenvalue weighted by atomic mass is 10.1. The van der Waals surface area contributed by atoms with Gasteiger partial charge in [-0.05, 0) is 56.3 Å². The minimum absolute atomic E-state index is 0.0897. The highest BCUT2D eigenvalue weighted by Gasteiger charge is 2.17. The number of benzene rings is 3. The molecule has 0 spiro atoms. The molecule has 0 saturated heterocycles. The van der Waals surface area contributed by atoms with Crippen molar-refractivity contribution >= 4 is 29.0 Å². The van der Waals surface area contributed by atoms with Crippen molar-refractivity contribution in [1.82, 2.24) is 14.8 Å². The van der Waals surface area contributed by atoms with Gasteiger partial charge in [0.15, 0.2) is 11.0 Å². The Bertz CT molecular complexity index is 1250. The highest BCUT2D eigenvalue weighted by molar-refractivity contribution is 7.99. The second-order valence-electron chi connectivity index (χ2n) is 8.12. The topological polar surface area (TPSA) is 63.1 Å². The third-order valence-electron chi connectivity index (χ3n) is 5.20. The molecule has 0 unspecified atom stereocenters. The Morgan fingerprint density at radius 2 is 1.67 bits per heavy atom. The molecule has 0 aliphatic rings. The van der Waals surface area contributed by atoms with Gasteiger partial charge in [0.2, 0.25) is 5.91 Å². The molecule has 4 aromatic rings. The molecule has 3 aromatic carbocycles. The van der Waals surface area contributed by atoms with E-state index in [0.29, 0.717) is 5.16 Å². The van der Waals surface area contributed by atoms with Gasteiger partial charge in [-0.25, -0.2) is 0 Å². The highest BCUT2D eigenvalue weighted by atomic mass is 32.2. The van der Waals surface area contributed by atoms with Gasteiger partial charge in [-0.15, -0.1) is 10.2 Å². The summed E-state index contributed by atoms with van der Waals surface area (Å²) in [6, 6.07) is 24.2. The Balaban J connectivity index is 1.56. The quantitative estimate of drug-likeness (QED) is 0.379. The molecule has 0 saturated carbocycles. The van der Waals surface area contributed by atoms with E-state index in [4.69, 9.17) is 0 Å². The predicted molar refractivity (Wildman–Crippen MR) is 136 cm³/mol. The number of carbonyl (C=O) groups excluding carboxylic acids is 1. The number of aryl methyl sites for hydroxylation is 2. The van der Waals surface area contributed by atoms with Crippen molar-refractivity contribution in [1.29, 1.82) is 0 Å². The summed E-state index contributed by atoms with van der Waals surface area (Å²) in [6.45, 7) is 4.11. The fourth-order valence-corrected chi connectivity index (χ4v) is 4.18. The molecule has 1 heterocycles. The Labute approximate surface area is 198 Å². The summed E-state index contributed by atoms with van der Waals surface area (Å²) in [6.07, 6.45) is 0. The lowest BCUT2D eigenvalue weighted by Gasteiger charge is -2.13. The highest BCUT2D eigenvalue weighted by Crippen LogP contribution is 2.29. The summed E-state index contributed by atoms with van der Waals surface area (Å²) in [5, 5.41) is 12.5. The van der Waals surface area contributed by atoms with E-state index in [2.05, 4.69) is 65.8 Å². The molecule has 33 heavy (non-hydrogen) atoms. The maximum absolute atomic E-state index is 12.6. The zero-order valence-electron chi connectivity index (χ0n) is 19.2. The first-order chi connectivity index (χ1) is 15.9. The van der Waals surface area contributed by atoms with Crippen LogP contribution in [-0.2, 0) is 4.79 Å². The van der Waals surface area contributed by atoms with Crippen LogP contribution in [0.4, 0.5) is 11.4 Å². The number of amides is 1. The number of carbonyl (C=O) groups is 1. The largest absolute Gasteiger partial charge is 0.378 e. The van der Waals surface area contributed by atoms with Crippen LogP contribution in [0.2, 0.25) is 0 Å². The number of nitrogens with one attached hydrogen (secondary N) is 1. The zero-order chi connectivity index (χ0) is 23.4. The van der Waals surface area contributed by atoms with Crippen molar-refractivity contribution in [2.45, 2.75) is 19.0 Å². The minimum atomic E-state index is -0.0897. The van der Waals surface area contributed by atoms with Crippen molar-refractivity contribution in [3.05, 3.63) is 83.9 Å². The third kappa shape index (κ3) is 5.43. The van der Waals surface area contributed by atoms with E-state index in [0.717, 1.165) is 34.0 Å². The Kier molecular flexibility index (Phi) is 6.79. The van der Waals surface area contributed by atoms with Crippen LogP contribution >= 0.6 is 11.8 Å². The summed E-state index contributed by atoms with van der Waals surface area (Å²) in [4.78, 5) is 14.6. The van der Waals surface area contributed by atoms with E-state index >= 15 is 0 Å². The summed E-state index contributed by atoms with van der Waals surface area (Å²) in [7, 11) is 3.97. The third-order valence-corrected chi connectivity index (χ3v) is 6.13. The standard InChI is InChI=1S/C26H27N5OS/c1-18-8-12-23(13-9-18)31-25(20-7-5-6-19(2)16-20)28-29-26(31)33-17-24(32)27-21-10-14-22(15-11-21)30(3)4/h5-16H,17H2,1-4H3,(H,27,32). The number of hydrogen-bond donors (Lipinski definition) is 1. The molecule has 0 aliphatic carbocycles. The van der Waals surface area contributed by atoms with E-state index < -0.39 is 0 Å². The molecule has 1 aromatic heterocycles. The zero-order valence-corrected chi connectivity index (χ0v) is 20.1. The normalized spacial score (nSPS) is 10.8. The van der Waals surface area contributed by atoms with Crippen LogP contribution in [0.3, 0.4) is 0 Å². The molecule has 0 atom stereocenters. The number of rotatable bonds is 7. The van der Waals surface area contributed by atoms with E-state index in [1.165, 1.54) is 17.3 Å². The average Bonchev–Trinajstić information content (AvgIpc) is 3.22. The van der Waals surface area contributed by atoms with Crippen molar-refractivity contribution in [2.24, 2.45) is 0 Å². The van der Waals surface area contributed by atoms with Crippen LogP contribution in [0.15, 0.2) is 78.0 Å². The van der Waals surface area contributed by atoms with Crippen molar-refractivity contribution in [3.63, 3.8) is 0 Å². The van der Waals surface area contributed by atoms with Gasteiger partial charge in [0.25, 0.3) is 0 Å². The lowest BCUT2D eigenvalue weighted by Crippen LogP contribution is -2.15. The lowest BCUT2D eigenvalue weighted by molar-refractivity contribution is -0.113. The van der Waals surface area contributed by atoms with Crippen LogP contribution in [-0.4, -0.2) is 40.5 Å². The molecule has 168 valence electrons. The molecule has 0 bridgehead atoms. The van der Waals surface area contributed by atoms with Gasteiger partial charge in [0.1, 0.15) is 0 Å². The van der Waals surface area contributed by atoms with E-state index in [9.17, 15) is 4.79 Å². The smallest absolute Gasteiger partial charge is 0.234 e. The van der Waals surface area contributed by atoms with Crippen LogP contribution < -0.4 is 10.2 Å². The Morgan fingerprint density at radius 1 is 0.939 bits per heavy atom. The van der Waals surface area contributed by atoms with Crippen LogP contribution in [0.1, 0.15) is 11.1 Å².